The second-order valence-electron chi connectivity index (χ2n) is 6.95. The molecule has 3 rings (SSSR count). The van der Waals surface area contributed by atoms with E-state index in [4.69, 9.17) is 4.74 Å². The van der Waals surface area contributed by atoms with Crippen LogP contribution in [0.15, 0.2) is 35.2 Å². The standard InChI is InChI=1S/C19H20F2N2O4S/c1-10(2)15-9-27-18-16(28(25,26)23-15)7-6-13(20)17(18)19(24)22-12-5-4-11(3)14(21)8-12/h4-8,10,15,23H,9H2,1-3H3,(H,22,24)/t15-/m0/s1. The Kier molecular flexibility index (Phi) is 5.40. The molecule has 6 nitrogen and oxygen atoms in total. The van der Waals surface area contributed by atoms with Gasteiger partial charge in [-0.25, -0.2) is 21.9 Å². The highest BCUT2D eigenvalue weighted by Gasteiger charge is 2.34. The molecule has 2 aromatic rings. The zero-order chi connectivity index (χ0) is 20.6. The Hall–Kier alpha value is -2.52. The van der Waals surface area contributed by atoms with E-state index in [2.05, 4.69) is 10.0 Å². The van der Waals surface area contributed by atoms with Crippen LogP contribution in [0.2, 0.25) is 0 Å². The topological polar surface area (TPSA) is 84.5 Å². The lowest BCUT2D eigenvalue weighted by Crippen LogP contribution is -2.40. The highest BCUT2D eigenvalue weighted by atomic mass is 32.2. The number of anilines is 1. The van der Waals surface area contributed by atoms with Gasteiger partial charge in [0.2, 0.25) is 10.0 Å². The summed E-state index contributed by atoms with van der Waals surface area (Å²) in [5.74, 6) is -2.85. The van der Waals surface area contributed by atoms with E-state index in [1.807, 2.05) is 13.8 Å². The molecule has 1 atom stereocenters. The van der Waals surface area contributed by atoms with Crippen LogP contribution in [-0.2, 0) is 10.0 Å². The van der Waals surface area contributed by atoms with Gasteiger partial charge in [0, 0.05) is 5.69 Å². The number of amides is 1. The Balaban J connectivity index is 2.03. The van der Waals surface area contributed by atoms with Gasteiger partial charge in [0.25, 0.3) is 5.91 Å². The lowest BCUT2D eigenvalue weighted by molar-refractivity contribution is 0.101. The number of ether oxygens (including phenoxy) is 1. The zero-order valence-electron chi connectivity index (χ0n) is 15.5. The largest absolute Gasteiger partial charge is 0.490 e. The van der Waals surface area contributed by atoms with Crippen molar-refractivity contribution in [2.45, 2.75) is 31.7 Å². The first-order chi connectivity index (χ1) is 13.1. The molecule has 0 aliphatic carbocycles. The molecule has 2 N–H and O–H groups in total. The summed E-state index contributed by atoms with van der Waals surface area (Å²) in [6.07, 6.45) is 0. The van der Waals surface area contributed by atoms with Crippen molar-refractivity contribution in [1.82, 2.24) is 4.72 Å². The van der Waals surface area contributed by atoms with Gasteiger partial charge in [-0.2, -0.15) is 0 Å². The van der Waals surface area contributed by atoms with E-state index < -0.39 is 39.2 Å². The van der Waals surface area contributed by atoms with E-state index in [0.717, 1.165) is 18.2 Å². The Morgan fingerprint density at radius 3 is 2.57 bits per heavy atom. The Morgan fingerprint density at radius 1 is 1.21 bits per heavy atom. The molecular weight excluding hydrogens is 390 g/mol. The average molecular weight is 410 g/mol. The molecule has 0 saturated carbocycles. The fourth-order valence-electron chi connectivity index (χ4n) is 2.77. The fraction of sp³-hybridized carbons (Fsp3) is 0.316. The lowest BCUT2D eigenvalue weighted by atomic mass is 10.1. The maximum Gasteiger partial charge on any atom is 0.262 e. The Morgan fingerprint density at radius 2 is 1.93 bits per heavy atom. The number of sulfonamides is 1. The van der Waals surface area contributed by atoms with Crippen LogP contribution in [0.1, 0.15) is 29.8 Å². The third kappa shape index (κ3) is 3.85. The predicted molar refractivity (Wildman–Crippen MR) is 99.9 cm³/mol. The molecule has 1 amide bonds. The van der Waals surface area contributed by atoms with Crippen molar-refractivity contribution in [3.05, 3.63) is 53.1 Å². The van der Waals surface area contributed by atoms with Gasteiger partial charge in [0.05, 0.1) is 6.04 Å². The molecule has 150 valence electrons. The summed E-state index contributed by atoms with van der Waals surface area (Å²) in [5, 5.41) is 2.38. The molecule has 28 heavy (non-hydrogen) atoms. The van der Waals surface area contributed by atoms with Crippen LogP contribution in [0, 0.1) is 24.5 Å². The highest BCUT2D eigenvalue weighted by Crippen LogP contribution is 2.33. The number of rotatable bonds is 3. The van der Waals surface area contributed by atoms with Crippen molar-refractivity contribution >= 4 is 21.6 Å². The molecule has 0 aromatic heterocycles. The summed E-state index contributed by atoms with van der Waals surface area (Å²) in [6.45, 7) is 5.13. The van der Waals surface area contributed by atoms with Gasteiger partial charge < -0.3 is 10.1 Å². The van der Waals surface area contributed by atoms with Crippen LogP contribution in [0.3, 0.4) is 0 Å². The SMILES string of the molecule is Cc1ccc(NC(=O)c2c(F)ccc3c2OC[C@@H](C(C)C)NS3(=O)=O)cc1F. The smallest absolute Gasteiger partial charge is 0.262 e. The first kappa shape index (κ1) is 20.2. The zero-order valence-corrected chi connectivity index (χ0v) is 16.4. The summed E-state index contributed by atoms with van der Waals surface area (Å²) in [6, 6.07) is 5.43. The molecule has 0 saturated heterocycles. The molecule has 1 aliphatic heterocycles. The Labute approximate surface area is 162 Å². The van der Waals surface area contributed by atoms with E-state index in [0.29, 0.717) is 5.56 Å². The van der Waals surface area contributed by atoms with E-state index in [9.17, 15) is 22.0 Å². The predicted octanol–water partition coefficient (Wildman–Crippen LogP) is 3.22. The van der Waals surface area contributed by atoms with Gasteiger partial charge in [0.15, 0.2) is 5.75 Å². The molecule has 2 aromatic carbocycles. The van der Waals surface area contributed by atoms with Crippen molar-refractivity contribution in [2.24, 2.45) is 5.92 Å². The van der Waals surface area contributed by atoms with Crippen LogP contribution in [0.4, 0.5) is 14.5 Å². The number of benzene rings is 2. The highest BCUT2D eigenvalue weighted by molar-refractivity contribution is 7.89. The Bertz CT molecular complexity index is 1040. The second kappa shape index (κ2) is 7.48. The van der Waals surface area contributed by atoms with E-state index in [1.165, 1.54) is 12.1 Å². The summed E-state index contributed by atoms with van der Waals surface area (Å²) in [5.41, 5.74) is -0.0500. The van der Waals surface area contributed by atoms with E-state index in [1.54, 1.807) is 6.92 Å². The van der Waals surface area contributed by atoms with Crippen molar-refractivity contribution < 1.29 is 26.7 Å². The lowest BCUT2D eigenvalue weighted by Gasteiger charge is -2.18. The number of nitrogens with one attached hydrogen (secondary N) is 2. The van der Waals surface area contributed by atoms with E-state index in [-0.39, 0.29) is 28.9 Å². The van der Waals surface area contributed by atoms with Gasteiger partial charge in [-0.3, -0.25) is 4.79 Å². The number of carbonyl (C=O) groups is 1. The minimum atomic E-state index is -4.01. The van der Waals surface area contributed by atoms with Gasteiger partial charge in [-0.05, 0) is 42.7 Å². The maximum absolute atomic E-state index is 14.5. The van der Waals surface area contributed by atoms with Gasteiger partial charge >= 0.3 is 0 Å². The molecule has 1 heterocycles. The number of hydrogen-bond acceptors (Lipinski definition) is 4. The van der Waals surface area contributed by atoms with Gasteiger partial charge in [-0.1, -0.05) is 19.9 Å². The summed E-state index contributed by atoms with van der Waals surface area (Å²) < 4.78 is 61.5. The van der Waals surface area contributed by atoms with Gasteiger partial charge in [-0.15, -0.1) is 0 Å². The number of hydrogen-bond donors (Lipinski definition) is 2. The molecule has 0 bridgehead atoms. The molecule has 0 unspecified atom stereocenters. The van der Waals surface area contributed by atoms with Crippen LogP contribution in [0.5, 0.6) is 5.75 Å². The third-order valence-electron chi connectivity index (χ3n) is 4.54. The summed E-state index contributed by atoms with van der Waals surface area (Å²) in [4.78, 5) is 12.4. The molecule has 9 heteroatoms. The van der Waals surface area contributed by atoms with E-state index >= 15 is 0 Å². The van der Waals surface area contributed by atoms with Gasteiger partial charge in [0.1, 0.15) is 28.7 Å². The quantitative estimate of drug-likeness (QED) is 0.814. The molecule has 0 spiro atoms. The first-order valence-corrected chi connectivity index (χ1v) is 10.1. The number of halogens is 2. The maximum atomic E-state index is 14.5. The number of carbonyl (C=O) groups excluding carboxylic acids is 1. The van der Waals surface area contributed by atoms with Crippen molar-refractivity contribution in [1.29, 1.82) is 0 Å². The third-order valence-corrected chi connectivity index (χ3v) is 6.05. The van der Waals surface area contributed by atoms with Crippen LogP contribution >= 0.6 is 0 Å². The van der Waals surface area contributed by atoms with Crippen molar-refractivity contribution in [2.75, 3.05) is 11.9 Å². The van der Waals surface area contributed by atoms with Crippen LogP contribution in [0.25, 0.3) is 0 Å². The minimum absolute atomic E-state index is 0.0627. The molecule has 1 aliphatic rings. The molecule has 0 radical (unpaired) electrons. The van der Waals surface area contributed by atoms with Crippen molar-refractivity contribution in [3.63, 3.8) is 0 Å². The monoisotopic (exact) mass is 410 g/mol. The molecule has 0 fully saturated rings. The number of aryl methyl sites for hydroxylation is 1. The summed E-state index contributed by atoms with van der Waals surface area (Å²) in [7, 11) is -4.01. The average Bonchev–Trinajstić information content (AvgIpc) is 2.74. The fourth-order valence-corrected chi connectivity index (χ4v) is 4.29. The van der Waals surface area contributed by atoms with Crippen molar-refractivity contribution in [3.8, 4) is 5.75 Å². The second-order valence-corrected chi connectivity index (χ2v) is 8.63. The van der Waals surface area contributed by atoms with Crippen LogP contribution < -0.4 is 14.8 Å². The first-order valence-electron chi connectivity index (χ1n) is 8.65. The number of fused-ring (bicyclic) bond motifs is 1. The minimum Gasteiger partial charge on any atom is -0.490 e. The molecular formula is C19H20F2N2O4S. The normalized spacial score (nSPS) is 18.1. The summed E-state index contributed by atoms with van der Waals surface area (Å²) >= 11 is 0. The van der Waals surface area contributed by atoms with Crippen LogP contribution in [-0.4, -0.2) is 27.0 Å².